The number of carbonyl (C=O) groups is 2. The van der Waals surface area contributed by atoms with E-state index in [0.29, 0.717) is 0 Å². The van der Waals surface area contributed by atoms with Gasteiger partial charge in [-0.3, -0.25) is 19.7 Å². The predicted octanol–water partition coefficient (Wildman–Crippen LogP) is 1.77. The monoisotopic (exact) mass is 400 g/mol. The summed E-state index contributed by atoms with van der Waals surface area (Å²) in [5, 5.41) is 26.9. The summed E-state index contributed by atoms with van der Waals surface area (Å²) in [6, 6.07) is 9.82. The first kappa shape index (κ1) is 21.4. The fourth-order valence-electron chi connectivity index (χ4n) is 2.28. The molecule has 0 aliphatic rings. The standard InChI is InChI=1S/C19H20N4O6/c1-3-29-16-9-14(8-15(17(16)24)23(27)28)11-21-22-19(26)18(25)20-10-13-6-4-12(2)5-7-13/h4-9,11,24H,3,10H2,1-2H3,(H,20,25)(H,22,26)/b21-11-. The Kier molecular flexibility index (Phi) is 7.24. The number of carbonyl (C=O) groups excluding carboxylic acids is 2. The van der Waals surface area contributed by atoms with Gasteiger partial charge in [0.25, 0.3) is 0 Å². The molecule has 0 saturated heterocycles. The molecule has 0 unspecified atom stereocenters. The van der Waals surface area contributed by atoms with Gasteiger partial charge in [-0.15, -0.1) is 0 Å². The van der Waals surface area contributed by atoms with Gasteiger partial charge in [-0.1, -0.05) is 29.8 Å². The predicted molar refractivity (Wildman–Crippen MR) is 105 cm³/mol. The normalized spacial score (nSPS) is 10.6. The van der Waals surface area contributed by atoms with Gasteiger partial charge in [-0.05, 0) is 25.5 Å². The molecule has 10 nitrogen and oxygen atoms in total. The number of phenolic OH excluding ortho intramolecular Hbond substituents is 1. The number of ether oxygens (including phenoxy) is 1. The lowest BCUT2D eigenvalue weighted by atomic mass is 10.1. The molecule has 29 heavy (non-hydrogen) atoms. The molecule has 0 radical (unpaired) electrons. The van der Waals surface area contributed by atoms with E-state index in [9.17, 15) is 24.8 Å². The average Bonchev–Trinajstić information content (AvgIpc) is 2.69. The van der Waals surface area contributed by atoms with Gasteiger partial charge in [0.2, 0.25) is 5.75 Å². The van der Waals surface area contributed by atoms with Crippen molar-refractivity contribution >= 4 is 23.7 Å². The molecule has 3 N–H and O–H groups in total. The molecular formula is C19H20N4O6. The first-order chi connectivity index (χ1) is 13.8. The number of hydrogen-bond acceptors (Lipinski definition) is 7. The van der Waals surface area contributed by atoms with Crippen LogP contribution < -0.4 is 15.5 Å². The highest BCUT2D eigenvalue weighted by Crippen LogP contribution is 2.36. The Morgan fingerprint density at radius 2 is 1.93 bits per heavy atom. The lowest BCUT2D eigenvalue weighted by Crippen LogP contribution is -2.37. The highest BCUT2D eigenvalue weighted by molar-refractivity contribution is 6.35. The van der Waals surface area contributed by atoms with E-state index in [2.05, 4.69) is 10.4 Å². The second-order valence-corrected chi connectivity index (χ2v) is 5.94. The minimum Gasteiger partial charge on any atom is -0.500 e. The van der Waals surface area contributed by atoms with Gasteiger partial charge in [0, 0.05) is 18.2 Å². The summed E-state index contributed by atoms with van der Waals surface area (Å²) in [4.78, 5) is 33.9. The summed E-state index contributed by atoms with van der Waals surface area (Å²) in [5.74, 6) is -2.57. The lowest BCUT2D eigenvalue weighted by Gasteiger charge is -2.07. The van der Waals surface area contributed by atoms with E-state index in [-0.39, 0.29) is 24.5 Å². The average molecular weight is 400 g/mol. The maximum absolute atomic E-state index is 11.8. The molecule has 0 bridgehead atoms. The van der Waals surface area contributed by atoms with Crippen LogP contribution in [0.15, 0.2) is 41.5 Å². The van der Waals surface area contributed by atoms with E-state index in [1.165, 1.54) is 6.07 Å². The quantitative estimate of drug-likeness (QED) is 0.280. The summed E-state index contributed by atoms with van der Waals surface area (Å²) >= 11 is 0. The fourth-order valence-corrected chi connectivity index (χ4v) is 2.28. The molecule has 2 rings (SSSR count). The van der Waals surface area contributed by atoms with E-state index in [1.807, 2.05) is 36.6 Å². The first-order valence-corrected chi connectivity index (χ1v) is 8.62. The van der Waals surface area contributed by atoms with Gasteiger partial charge in [0.1, 0.15) is 0 Å². The summed E-state index contributed by atoms with van der Waals surface area (Å²) in [5.41, 5.74) is 3.57. The van der Waals surface area contributed by atoms with E-state index in [0.717, 1.165) is 23.4 Å². The molecular weight excluding hydrogens is 380 g/mol. The molecule has 2 aromatic carbocycles. The molecule has 0 aromatic heterocycles. The summed E-state index contributed by atoms with van der Waals surface area (Å²) in [6.45, 7) is 3.96. The van der Waals surface area contributed by atoms with Crippen molar-refractivity contribution in [3.8, 4) is 11.5 Å². The number of hydrazone groups is 1. The maximum Gasteiger partial charge on any atom is 0.329 e. The van der Waals surface area contributed by atoms with Crippen molar-refractivity contribution in [2.75, 3.05) is 6.61 Å². The topological polar surface area (TPSA) is 143 Å². The van der Waals surface area contributed by atoms with Gasteiger partial charge in [0.05, 0.1) is 17.7 Å². The Balaban J connectivity index is 1.98. The van der Waals surface area contributed by atoms with Crippen molar-refractivity contribution < 1.29 is 24.4 Å². The molecule has 2 aromatic rings. The first-order valence-electron chi connectivity index (χ1n) is 8.62. The van der Waals surface area contributed by atoms with Crippen molar-refractivity contribution in [3.05, 3.63) is 63.2 Å². The number of hydrogen-bond donors (Lipinski definition) is 3. The Morgan fingerprint density at radius 3 is 2.55 bits per heavy atom. The minimum atomic E-state index is -0.994. The van der Waals surface area contributed by atoms with Crippen molar-refractivity contribution in [3.63, 3.8) is 0 Å². The highest BCUT2D eigenvalue weighted by atomic mass is 16.6. The molecule has 0 heterocycles. The number of benzene rings is 2. The zero-order valence-corrected chi connectivity index (χ0v) is 15.8. The van der Waals surface area contributed by atoms with Crippen LogP contribution in [0.25, 0.3) is 0 Å². The van der Waals surface area contributed by atoms with Crippen LogP contribution in [0.1, 0.15) is 23.6 Å². The van der Waals surface area contributed by atoms with E-state index in [1.54, 1.807) is 6.92 Å². The second kappa shape index (κ2) is 9.83. The van der Waals surface area contributed by atoms with Crippen LogP contribution >= 0.6 is 0 Å². The zero-order chi connectivity index (χ0) is 21.4. The Morgan fingerprint density at radius 1 is 1.24 bits per heavy atom. The molecule has 2 amide bonds. The number of nitro benzene ring substituents is 1. The Bertz CT molecular complexity index is 940. The van der Waals surface area contributed by atoms with E-state index in [4.69, 9.17) is 4.74 Å². The zero-order valence-electron chi connectivity index (χ0n) is 15.8. The molecule has 0 atom stereocenters. The third-order valence-electron chi connectivity index (χ3n) is 3.73. The third kappa shape index (κ3) is 6.03. The fraction of sp³-hybridized carbons (Fsp3) is 0.211. The second-order valence-electron chi connectivity index (χ2n) is 5.94. The number of amides is 2. The van der Waals surface area contributed by atoms with Crippen LogP contribution in [0, 0.1) is 17.0 Å². The largest absolute Gasteiger partial charge is 0.500 e. The molecule has 10 heteroatoms. The van der Waals surface area contributed by atoms with Gasteiger partial charge in [0.15, 0.2) is 5.75 Å². The molecule has 0 aliphatic carbocycles. The summed E-state index contributed by atoms with van der Waals surface area (Å²) < 4.78 is 5.15. The van der Waals surface area contributed by atoms with Crippen LogP contribution in [0.4, 0.5) is 5.69 Å². The number of nitrogens with one attached hydrogen (secondary N) is 2. The Labute approximate surface area is 166 Å². The summed E-state index contributed by atoms with van der Waals surface area (Å²) in [6.07, 6.45) is 1.10. The highest BCUT2D eigenvalue weighted by Gasteiger charge is 2.20. The van der Waals surface area contributed by atoms with Crippen LogP contribution in [-0.2, 0) is 16.1 Å². The minimum absolute atomic E-state index is 0.0923. The van der Waals surface area contributed by atoms with Crippen LogP contribution in [0.3, 0.4) is 0 Å². The number of aromatic hydroxyl groups is 1. The summed E-state index contributed by atoms with van der Waals surface area (Å²) in [7, 11) is 0. The number of nitrogens with zero attached hydrogens (tertiary/aromatic N) is 2. The van der Waals surface area contributed by atoms with E-state index >= 15 is 0 Å². The number of rotatable bonds is 7. The van der Waals surface area contributed by atoms with Crippen molar-refractivity contribution in [1.82, 2.24) is 10.7 Å². The number of nitro groups is 1. The molecule has 0 aliphatic heterocycles. The molecule has 0 saturated carbocycles. The van der Waals surface area contributed by atoms with E-state index < -0.39 is 28.2 Å². The van der Waals surface area contributed by atoms with Crippen LogP contribution in [0.5, 0.6) is 11.5 Å². The van der Waals surface area contributed by atoms with Crippen molar-refractivity contribution in [1.29, 1.82) is 0 Å². The lowest BCUT2D eigenvalue weighted by molar-refractivity contribution is -0.386. The third-order valence-corrected chi connectivity index (χ3v) is 3.73. The van der Waals surface area contributed by atoms with Gasteiger partial charge in [-0.2, -0.15) is 5.10 Å². The van der Waals surface area contributed by atoms with Crippen molar-refractivity contribution in [2.45, 2.75) is 20.4 Å². The number of phenols is 1. The van der Waals surface area contributed by atoms with Crippen LogP contribution in [-0.4, -0.2) is 34.7 Å². The molecule has 152 valence electrons. The van der Waals surface area contributed by atoms with Gasteiger partial charge < -0.3 is 15.2 Å². The van der Waals surface area contributed by atoms with Gasteiger partial charge >= 0.3 is 17.5 Å². The smallest absolute Gasteiger partial charge is 0.329 e. The van der Waals surface area contributed by atoms with Crippen LogP contribution in [0.2, 0.25) is 0 Å². The Hall–Kier alpha value is -3.95. The SMILES string of the molecule is CCOc1cc(/C=N\NC(=O)C(=O)NCc2ccc(C)cc2)cc([N+](=O)[O-])c1O. The molecule has 0 fully saturated rings. The van der Waals surface area contributed by atoms with Crippen molar-refractivity contribution in [2.24, 2.45) is 5.10 Å². The maximum atomic E-state index is 11.8. The van der Waals surface area contributed by atoms with Gasteiger partial charge in [-0.25, -0.2) is 5.43 Å². The number of aryl methyl sites for hydroxylation is 1. The molecule has 0 spiro atoms.